The van der Waals surface area contributed by atoms with Gasteiger partial charge in [0.25, 0.3) is 0 Å². The maximum atomic E-state index is 12.6. The summed E-state index contributed by atoms with van der Waals surface area (Å²) in [6, 6.07) is 8.91. The van der Waals surface area contributed by atoms with E-state index in [9.17, 15) is 4.79 Å². The molecule has 0 aliphatic heterocycles. The molecule has 1 heterocycles. The van der Waals surface area contributed by atoms with Gasteiger partial charge in [0.15, 0.2) is 5.78 Å². The predicted octanol–water partition coefficient (Wildman–Crippen LogP) is 3.07. The van der Waals surface area contributed by atoms with E-state index in [1.807, 2.05) is 6.07 Å². The molecule has 0 amide bonds. The third-order valence-electron chi connectivity index (χ3n) is 3.27. The van der Waals surface area contributed by atoms with Gasteiger partial charge in [0.2, 0.25) is 0 Å². The Bertz CT molecular complexity index is 669. The first-order valence-electron chi connectivity index (χ1n) is 7.20. The Labute approximate surface area is 129 Å². The van der Waals surface area contributed by atoms with Gasteiger partial charge in [-0.05, 0) is 6.42 Å². The van der Waals surface area contributed by atoms with E-state index in [0.29, 0.717) is 29.0 Å². The minimum Gasteiger partial charge on any atom is -0.492 e. The summed E-state index contributed by atoms with van der Waals surface area (Å²) in [6.45, 7) is 2.52. The second-order valence-corrected chi connectivity index (χ2v) is 4.84. The van der Waals surface area contributed by atoms with Gasteiger partial charge in [-0.15, -0.1) is 0 Å². The third-order valence-corrected chi connectivity index (χ3v) is 3.27. The van der Waals surface area contributed by atoms with Crippen LogP contribution in [0.15, 0.2) is 36.5 Å². The van der Waals surface area contributed by atoms with E-state index in [2.05, 4.69) is 11.9 Å². The highest BCUT2D eigenvalue weighted by atomic mass is 16.5. The lowest BCUT2D eigenvalue weighted by molar-refractivity contribution is 0.103. The first-order valence-corrected chi connectivity index (χ1v) is 7.20. The first-order chi connectivity index (χ1) is 10.7. The fraction of sp³-hybridized carbons (Fsp3) is 0.235. The molecule has 1 aromatic heterocycles. The van der Waals surface area contributed by atoms with Crippen LogP contribution in [0.4, 0.5) is 5.82 Å². The smallest absolute Gasteiger partial charge is 0.198 e. The van der Waals surface area contributed by atoms with Crippen LogP contribution in [0.1, 0.15) is 41.3 Å². The molecule has 0 spiro atoms. The predicted molar refractivity (Wildman–Crippen MR) is 86.8 cm³/mol. The molecule has 0 bridgehead atoms. The number of ether oxygens (including phenoxy) is 1. The van der Waals surface area contributed by atoms with Crippen molar-refractivity contribution >= 4 is 17.8 Å². The summed E-state index contributed by atoms with van der Waals surface area (Å²) in [5, 5.41) is 7.51. The molecule has 0 aliphatic carbocycles. The number of anilines is 1. The van der Waals surface area contributed by atoms with Crippen molar-refractivity contribution in [3.05, 3.63) is 53.2 Å². The van der Waals surface area contributed by atoms with Gasteiger partial charge >= 0.3 is 0 Å². The van der Waals surface area contributed by atoms with Crippen LogP contribution in [0, 0.1) is 5.41 Å². The summed E-state index contributed by atoms with van der Waals surface area (Å²) >= 11 is 0. The van der Waals surface area contributed by atoms with E-state index in [-0.39, 0.29) is 11.6 Å². The van der Waals surface area contributed by atoms with Crippen LogP contribution < -0.4 is 10.5 Å². The average molecular weight is 297 g/mol. The van der Waals surface area contributed by atoms with E-state index in [1.54, 1.807) is 24.3 Å². The monoisotopic (exact) mass is 297 g/mol. The number of aromatic nitrogens is 1. The van der Waals surface area contributed by atoms with Gasteiger partial charge < -0.3 is 15.9 Å². The van der Waals surface area contributed by atoms with Gasteiger partial charge in [-0.2, -0.15) is 0 Å². The van der Waals surface area contributed by atoms with Crippen molar-refractivity contribution in [3.63, 3.8) is 0 Å². The number of nitrogens with two attached hydrogens (primary N) is 1. The molecule has 0 unspecified atom stereocenters. The lowest BCUT2D eigenvalue weighted by Crippen LogP contribution is -2.11. The lowest BCUT2D eigenvalue weighted by Gasteiger charge is -2.14. The van der Waals surface area contributed by atoms with E-state index in [0.717, 1.165) is 19.1 Å². The Morgan fingerprint density at radius 3 is 2.73 bits per heavy atom. The largest absolute Gasteiger partial charge is 0.492 e. The molecular formula is C17H19N3O2. The number of pyridine rings is 1. The number of carbonyl (C=O) groups is 1. The van der Waals surface area contributed by atoms with Crippen molar-refractivity contribution in [1.29, 1.82) is 5.41 Å². The Balaban J connectivity index is 2.45. The quantitative estimate of drug-likeness (QED) is 0.467. The zero-order valence-electron chi connectivity index (χ0n) is 12.5. The fourth-order valence-corrected chi connectivity index (χ4v) is 2.04. The summed E-state index contributed by atoms with van der Waals surface area (Å²) in [5.74, 6) is 0.332. The van der Waals surface area contributed by atoms with E-state index < -0.39 is 0 Å². The molecule has 2 aromatic rings. The number of nitrogen functional groups attached to an aromatic ring is 1. The van der Waals surface area contributed by atoms with Gasteiger partial charge in [0.05, 0.1) is 17.7 Å². The van der Waals surface area contributed by atoms with Crippen LogP contribution in [-0.2, 0) is 0 Å². The van der Waals surface area contributed by atoms with Crippen molar-refractivity contribution in [3.8, 4) is 5.75 Å². The number of carbonyl (C=O) groups excluding carboxylic acids is 1. The number of benzene rings is 1. The van der Waals surface area contributed by atoms with Crippen molar-refractivity contribution < 1.29 is 9.53 Å². The van der Waals surface area contributed by atoms with E-state index in [1.165, 1.54) is 6.20 Å². The maximum Gasteiger partial charge on any atom is 0.198 e. The van der Waals surface area contributed by atoms with Crippen LogP contribution in [0.25, 0.3) is 0 Å². The van der Waals surface area contributed by atoms with Crippen molar-refractivity contribution in [2.75, 3.05) is 12.3 Å². The molecule has 0 aliphatic rings. The third kappa shape index (κ3) is 3.31. The normalized spacial score (nSPS) is 10.2. The molecule has 0 saturated carbocycles. The van der Waals surface area contributed by atoms with Crippen LogP contribution in [0.5, 0.6) is 5.75 Å². The number of nitrogens with one attached hydrogen (secondary N) is 1. The molecular weight excluding hydrogens is 278 g/mol. The minimum absolute atomic E-state index is 0.186. The summed E-state index contributed by atoms with van der Waals surface area (Å²) in [4.78, 5) is 16.7. The number of rotatable bonds is 7. The van der Waals surface area contributed by atoms with Gasteiger partial charge in [0.1, 0.15) is 11.6 Å². The number of nitrogens with zero attached hydrogens (tertiary/aromatic N) is 1. The molecule has 5 nitrogen and oxygen atoms in total. The maximum absolute atomic E-state index is 12.6. The van der Waals surface area contributed by atoms with Crippen molar-refractivity contribution in [2.45, 2.75) is 19.8 Å². The second kappa shape index (κ2) is 7.36. The molecule has 2 rings (SSSR count). The molecule has 0 atom stereocenters. The fourth-order valence-electron chi connectivity index (χ4n) is 2.04. The highest BCUT2D eigenvalue weighted by Crippen LogP contribution is 2.28. The Hall–Kier alpha value is -2.69. The summed E-state index contributed by atoms with van der Waals surface area (Å²) in [7, 11) is 0. The second-order valence-electron chi connectivity index (χ2n) is 4.84. The van der Waals surface area contributed by atoms with Crippen molar-refractivity contribution in [2.24, 2.45) is 0 Å². The zero-order valence-corrected chi connectivity index (χ0v) is 12.5. The van der Waals surface area contributed by atoms with E-state index in [4.69, 9.17) is 15.9 Å². The number of hydrogen-bond donors (Lipinski definition) is 2. The Morgan fingerprint density at radius 1 is 1.36 bits per heavy atom. The Morgan fingerprint density at radius 2 is 2.09 bits per heavy atom. The van der Waals surface area contributed by atoms with Gasteiger partial charge in [0, 0.05) is 18.0 Å². The highest BCUT2D eigenvalue weighted by molar-refractivity contribution is 6.12. The SMILES string of the molecule is CCCCOc1c(C(=O)c2ccccc2)cnc(N)c1C=N. The first kappa shape index (κ1) is 15.7. The molecule has 22 heavy (non-hydrogen) atoms. The molecule has 5 heteroatoms. The highest BCUT2D eigenvalue weighted by Gasteiger charge is 2.20. The lowest BCUT2D eigenvalue weighted by atomic mass is 10.0. The topological polar surface area (TPSA) is 89.1 Å². The van der Waals surface area contributed by atoms with Crippen LogP contribution in [0.3, 0.4) is 0 Å². The molecule has 0 saturated heterocycles. The summed E-state index contributed by atoms with van der Waals surface area (Å²) in [5.41, 5.74) is 7.01. The number of unbranched alkanes of at least 4 members (excludes halogenated alkanes) is 1. The molecule has 0 fully saturated rings. The van der Waals surface area contributed by atoms with Gasteiger partial charge in [-0.1, -0.05) is 43.7 Å². The molecule has 1 aromatic carbocycles. The Kier molecular flexibility index (Phi) is 5.25. The number of hydrogen-bond acceptors (Lipinski definition) is 5. The van der Waals surface area contributed by atoms with Gasteiger partial charge in [-0.3, -0.25) is 4.79 Å². The average Bonchev–Trinajstić information content (AvgIpc) is 2.55. The minimum atomic E-state index is -0.192. The molecule has 0 radical (unpaired) electrons. The summed E-state index contributed by atoms with van der Waals surface area (Å²) in [6.07, 6.45) is 4.32. The van der Waals surface area contributed by atoms with Gasteiger partial charge in [-0.25, -0.2) is 4.98 Å². The van der Waals surface area contributed by atoms with Crippen LogP contribution >= 0.6 is 0 Å². The molecule has 3 N–H and O–H groups in total. The van der Waals surface area contributed by atoms with Crippen LogP contribution in [-0.4, -0.2) is 23.6 Å². The summed E-state index contributed by atoms with van der Waals surface area (Å²) < 4.78 is 5.73. The van der Waals surface area contributed by atoms with Crippen LogP contribution in [0.2, 0.25) is 0 Å². The molecule has 114 valence electrons. The van der Waals surface area contributed by atoms with E-state index >= 15 is 0 Å². The van der Waals surface area contributed by atoms with Crippen molar-refractivity contribution in [1.82, 2.24) is 4.98 Å². The zero-order chi connectivity index (χ0) is 15.9. The standard InChI is InChI=1S/C17H19N3O2/c1-2-3-9-22-16-13(10-18)17(19)20-11-14(16)15(21)12-7-5-4-6-8-12/h4-8,10-11,18H,2-3,9H2,1H3,(H2,19,20). The number of ketones is 1.